The van der Waals surface area contributed by atoms with E-state index in [4.69, 9.17) is 20.8 Å². The highest BCUT2D eigenvalue weighted by Crippen LogP contribution is 2.41. The second-order valence-electron chi connectivity index (χ2n) is 8.04. The van der Waals surface area contributed by atoms with Crippen molar-refractivity contribution in [3.8, 4) is 5.75 Å². The lowest BCUT2D eigenvalue weighted by Crippen LogP contribution is -2.48. The van der Waals surface area contributed by atoms with Crippen LogP contribution in [0.3, 0.4) is 0 Å². The topological polar surface area (TPSA) is 89.7 Å². The molecule has 0 spiro atoms. The molecule has 2 heterocycles. The van der Waals surface area contributed by atoms with Crippen LogP contribution in [0.1, 0.15) is 37.0 Å². The van der Waals surface area contributed by atoms with E-state index in [2.05, 4.69) is 26.8 Å². The molecule has 8 nitrogen and oxygen atoms in total. The van der Waals surface area contributed by atoms with Gasteiger partial charge < -0.3 is 19.4 Å². The van der Waals surface area contributed by atoms with Gasteiger partial charge in [-0.15, -0.1) is 23.4 Å². The fourth-order valence-electron chi connectivity index (χ4n) is 3.71. The molecule has 178 valence electrons. The molecule has 1 unspecified atom stereocenters. The Bertz CT molecular complexity index is 1040. The molecule has 1 saturated carbocycles. The van der Waals surface area contributed by atoms with Crippen LogP contribution in [0.5, 0.6) is 5.75 Å². The van der Waals surface area contributed by atoms with Crippen LogP contribution in [-0.2, 0) is 9.53 Å². The van der Waals surface area contributed by atoms with E-state index >= 15 is 0 Å². The Morgan fingerprint density at radius 2 is 2.12 bits per heavy atom. The summed E-state index contributed by atoms with van der Waals surface area (Å²) in [6, 6.07) is 5.20. The fourth-order valence-corrected chi connectivity index (χ4v) is 3.88. The minimum absolute atomic E-state index is 0.162. The molecule has 1 aromatic heterocycles. The van der Waals surface area contributed by atoms with E-state index in [1.807, 2.05) is 11.9 Å². The number of hydrogen-bond acceptors (Lipinski definition) is 7. The summed E-state index contributed by atoms with van der Waals surface area (Å²) in [6.45, 7) is 4.54. The first-order chi connectivity index (χ1) is 15.6. The normalized spacial score (nSPS) is 22.2. The number of alkyl halides is 3. The highest BCUT2D eigenvalue weighted by molar-refractivity contribution is 6.31. The number of likely N-dealkylation sites (N-methyl/N-ethyl adjacent to an activating group) is 1. The van der Waals surface area contributed by atoms with Crippen molar-refractivity contribution in [1.29, 1.82) is 0 Å². The van der Waals surface area contributed by atoms with E-state index in [9.17, 15) is 18.0 Å². The quantitative estimate of drug-likeness (QED) is 0.634. The number of amides is 1. The van der Waals surface area contributed by atoms with Crippen molar-refractivity contribution < 1.29 is 31.9 Å². The van der Waals surface area contributed by atoms with Gasteiger partial charge in [-0.2, -0.15) is 0 Å². The first-order valence-electron chi connectivity index (χ1n) is 10.3. The summed E-state index contributed by atoms with van der Waals surface area (Å²) < 4.78 is 52.0. The Labute approximate surface area is 192 Å². The summed E-state index contributed by atoms with van der Waals surface area (Å²) in [5.41, 5.74) is 1.33. The number of carbonyl (C=O) groups is 1. The Kier molecular flexibility index (Phi) is 6.53. The Morgan fingerprint density at radius 3 is 2.85 bits per heavy atom. The van der Waals surface area contributed by atoms with Gasteiger partial charge in [0.15, 0.2) is 6.10 Å². The van der Waals surface area contributed by atoms with Gasteiger partial charge in [0.1, 0.15) is 5.75 Å². The lowest BCUT2D eigenvalue weighted by Gasteiger charge is -2.33. The highest BCUT2D eigenvalue weighted by atomic mass is 35.5. The monoisotopic (exact) mass is 486 g/mol. The Morgan fingerprint density at radius 1 is 1.36 bits per heavy atom. The van der Waals surface area contributed by atoms with Crippen LogP contribution in [0.4, 0.5) is 18.9 Å². The molecule has 12 heteroatoms. The lowest BCUT2D eigenvalue weighted by atomic mass is 9.82. The molecule has 0 saturated heterocycles. The van der Waals surface area contributed by atoms with Gasteiger partial charge in [-0.25, -0.2) is 0 Å². The van der Waals surface area contributed by atoms with Gasteiger partial charge in [0.05, 0.1) is 18.3 Å². The minimum Gasteiger partial charge on any atom is -0.477 e. The Balaban J connectivity index is 1.22. The zero-order valence-electron chi connectivity index (χ0n) is 17.7. The van der Waals surface area contributed by atoms with E-state index in [0.29, 0.717) is 29.3 Å². The molecule has 1 aliphatic heterocycles. The van der Waals surface area contributed by atoms with Crippen molar-refractivity contribution >= 4 is 28.8 Å². The number of carbonyl (C=O) groups excluding carboxylic acids is 1. The standard InChI is InChI=1S/C21H22ClF3N4O4/c1-11(19-27-28-20(32-19)12-7-14(8-12)33-21(23,24)25)5-6-26-18(30)17-10-29(2)15-9-13(22)3-4-16(15)31-17/h3-4,9,12,14,17H,1,5-8,10H2,2H3,(H,26,30). The van der Waals surface area contributed by atoms with Crippen molar-refractivity contribution in [2.45, 2.75) is 43.8 Å². The number of hydrogen-bond donors (Lipinski definition) is 1. The number of aromatic nitrogens is 2. The predicted octanol–water partition coefficient (Wildman–Crippen LogP) is 3.92. The van der Waals surface area contributed by atoms with Crippen LogP contribution in [-0.4, -0.2) is 54.8 Å². The molecule has 4 rings (SSSR count). The number of halogens is 4. The van der Waals surface area contributed by atoms with E-state index in [1.165, 1.54) is 0 Å². The molecular weight excluding hydrogens is 465 g/mol. The van der Waals surface area contributed by atoms with Crippen LogP contribution in [0.15, 0.2) is 29.2 Å². The van der Waals surface area contributed by atoms with Gasteiger partial charge in [-0.1, -0.05) is 18.2 Å². The molecule has 0 bridgehead atoms. The van der Waals surface area contributed by atoms with Crippen molar-refractivity contribution in [3.05, 3.63) is 41.6 Å². The zero-order chi connectivity index (χ0) is 23.8. The maximum absolute atomic E-state index is 12.5. The summed E-state index contributed by atoms with van der Waals surface area (Å²) in [5.74, 6) is 0.486. The third-order valence-electron chi connectivity index (χ3n) is 5.55. The van der Waals surface area contributed by atoms with Crippen molar-refractivity contribution in [2.75, 3.05) is 25.0 Å². The third kappa shape index (κ3) is 5.59. The molecule has 1 aliphatic carbocycles. The highest BCUT2D eigenvalue weighted by Gasteiger charge is 2.42. The zero-order valence-corrected chi connectivity index (χ0v) is 18.4. The van der Waals surface area contributed by atoms with Crippen LogP contribution < -0.4 is 15.0 Å². The summed E-state index contributed by atoms with van der Waals surface area (Å²) in [7, 11) is 1.85. The molecule has 1 aromatic carbocycles. The molecular formula is C21H22ClF3N4O4. The number of benzene rings is 1. The first-order valence-corrected chi connectivity index (χ1v) is 10.7. The number of fused-ring (bicyclic) bond motifs is 1. The second kappa shape index (κ2) is 9.22. The molecule has 2 aromatic rings. The number of nitrogens with zero attached hydrogens (tertiary/aromatic N) is 3. The van der Waals surface area contributed by atoms with Gasteiger partial charge in [-0.05, 0) is 37.5 Å². The second-order valence-corrected chi connectivity index (χ2v) is 8.48. The van der Waals surface area contributed by atoms with E-state index in [1.54, 1.807) is 18.2 Å². The summed E-state index contributed by atoms with van der Waals surface area (Å²) >= 11 is 6.02. The fraction of sp³-hybridized carbons (Fsp3) is 0.476. The summed E-state index contributed by atoms with van der Waals surface area (Å²) in [5, 5.41) is 11.2. The van der Waals surface area contributed by atoms with Crippen LogP contribution in [0, 0.1) is 0 Å². The molecule has 2 aliphatic rings. The van der Waals surface area contributed by atoms with Crippen LogP contribution in [0.25, 0.3) is 5.57 Å². The molecule has 1 fully saturated rings. The molecule has 1 N–H and O–H groups in total. The van der Waals surface area contributed by atoms with Crippen molar-refractivity contribution in [1.82, 2.24) is 15.5 Å². The minimum atomic E-state index is -4.65. The van der Waals surface area contributed by atoms with E-state index in [0.717, 1.165) is 5.69 Å². The molecule has 0 radical (unpaired) electrons. The van der Waals surface area contributed by atoms with Gasteiger partial charge in [0, 0.05) is 30.1 Å². The SMILES string of the molecule is C=C(CCNC(=O)C1CN(C)c2cc(Cl)ccc2O1)c1nnc(C2CC(OC(F)(F)F)C2)o1. The maximum Gasteiger partial charge on any atom is 0.522 e. The lowest BCUT2D eigenvalue weighted by molar-refractivity contribution is -0.352. The largest absolute Gasteiger partial charge is 0.522 e. The van der Waals surface area contributed by atoms with Crippen LogP contribution in [0.2, 0.25) is 5.02 Å². The molecule has 33 heavy (non-hydrogen) atoms. The van der Waals surface area contributed by atoms with Crippen molar-refractivity contribution in [2.24, 2.45) is 0 Å². The number of rotatable bonds is 7. The summed E-state index contributed by atoms with van der Waals surface area (Å²) in [4.78, 5) is 14.4. The van der Waals surface area contributed by atoms with Crippen molar-refractivity contribution in [3.63, 3.8) is 0 Å². The Hall–Kier alpha value is -2.79. The van der Waals surface area contributed by atoms with Gasteiger partial charge in [0.25, 0.3) is 5.91 Å². The van der Waals surface area contributed by atoms with Crippen LogP contribution >= 0.6 is 11.6 Å². The average molecular weight is 487 g/mol. The number of anilines is 1. The number of ether oxygens (including phenoxy) is 2. The first kappa shape index (κ1) is 23.4. The van der Waals surface area contributed by atoms with E-state index in [-0.39, 0.29) is 43.0 Å². The summed E-state index contributed by atoms with van der Waals surface area (Å²) in [6.07, 6.45) is -5.55. The van der Waals surface area contributed by atoms with Gasteiger partial charge >= 0.3 is 6.36 Å². The van der Waals surface area contributed by atoms with E-state index < -0.39 is 18.6 Å². The maximum atomic E-state index is 12.5. The molecule has 1 atom stereocenters. The predicted molar refractivity (Wildman–Crippen MR) is 113 cm³/mol. The smallest absolute Gasteiger partial charge is 0.477 e. The molecule has 1 amide bonds. The number of nitrogens with one attached hydrogen (secondary N) is 1. The third-order valence-corrected chi connectivity index (χ3v) is 5.78. The average Bonchev–Trinajstić information content (AvgIpc) is 3.19. The van der Waals surface area contributed by atoms with Gasteiger partial charge in [-0.3, -0.25) is 9.53 Å². The van der Waals surface area contributed by atoms with Gasteiger partial charge in [0.2, 0.25) is 11.8 Å².